The molecule has 0 saturated carbocycles. The number of methoxy groups -OCH3 is 1. The summed E-state index contributed by atoms with van der Waals surface area (Å²) in [5.74, 6) is 0.387. The summed E-state index contributed by atoms with van der Waals surface area (Å²) in [6.45, 7) is 0. The first-order valence-electron chi connectivity index (χ1n) is 6.36. The van der Waals surface area contributed by atoms with E-state index in [0.717, 1.165) is 11.3 Å². The van der Waals surface area contributed by atoms with Crippen LogP contribution in [0.1, 0.15) is 12.0 Å². The lowest BCUT2D eigenvalue weighted by Crippen LogP contribution is -2.12. The van der Waals surface area contributed by atoms with E-state index in [1.807, 2.05) is 24.3 Å². The highest BCUT2D eigenvalue weighted by atomic mass is 19.1. The minimum absolute atomic E-state index is 0.0903. The zero-order valence-electron chi connectivity index (χ0n) is 11.2. The Morgan fingerprint density at radius 2 is 1.75 bits per heavy atom. The van der Waals surface area contributed by atoms with Crippen molar-refractivity contribution in [3.63, 3.8) is 0 Å². The molecule has 0 aliphatic heterocycles. The highest BCUT2D eigenvalue weighted by molar-refractivity contribution is 5.90. The SMILES string of the molecule is COc1ccc(CCC(=O)Nc2ccc(F)cc2)cc1. The lowest BCUT2D eigenvalue weighted by Gasteiger charge is -2.06. The first-order chi connectivity index (χ1) is 9.67. The maximum absolute atomic E-state index is 12.7. The molecule has 104 valence electrons. The molecule has 2 aromatic rings. The minimum atomic E-state index is -0.318. The van der Waals surface area contributed by atoms with Gasteiger partial charge in [0.25, 0.3) is 0 Å². The second-order valence-corrected chi connectivity index (χ2v) is 4.40. The Morgan fingerprint density at radius 1 is 1.10 bits per heavy atom. The van der Waals surface area contributed by atoms with Crippen LogP contribution in [-0.4, -0.2) is 13.0 Å². The number of hydrogen-bond donors (Lipinski definition) is 1. The monoisotopic (exact) mass is 273 g/mol. The molecule has 0 heterocycles. The summed E-state index contributed by atoms with van der Waals surface area (Å²) in [6, 6.07) is 13.3. The van der Waals surface area contributed by atoms with Crippen LogP contribution < -0.4 is 10.1 Å². The van der Waals surface area contributed by atoms with E-state index < -0.39 is 0 Å². The molecule has 0 saturated heterocycles. The van der Waals surface area contributed by atoms with Crippen LogP contribution in [0.5, 0.6) is 5.75 Å². The van der Waals surface area contributed by atoms with E-state index in [2.05, 4.69) is 5.32 Å². The van der Waals surface area contributed by atoms with E-state index >= 15 is 0 Å². The fourth-order valence-electron chi connectivity index (χ4n) is 1.81. The van der Waals surface area contributed by atoms with Crippen LogP contribution in [-0.2, 0) is 11.2 Å². The first kappa shape index (κ1) is 14.1. The second-order valence-electron chi connectivity index (χ2n) is 4.40. The lowest BCUT2D eigenvalue weighted by molar-refractivity contribution is -0.116. The lowest BCUT2D eigenvalue weighted by atomic mass is 10.1. The van der Waals surface area contributed by atoms with E-state index in [1.165, 1.54) is 12.1 Å². The molecule has 3 nitrogen and oxygen atoms in total. The maximum Gasteiger partial charge on any atom is 0.224 e. The molecule has 0 radical (unpaired) electrons. The van der Waals surface area contributed by atoms with Gasteiger partial charge >= 0.3 is 0 Å². The third kappa shape index (κ3) is 4.09. The fraction of sp³-hybridized carbons (Fsp3) is 0.188. The standard InChI is InChI=1S/C16H16FNO2/c1-20-15-9-2-12(3-10-15)4-11-16(19)18-14-7-5-13(17)6-8-14/h2-3,5-10H,4,11H2,1H3,(H,18,19). The molecule has 2 aromatic carbocycles. The van der Waals surface area contributed by atoms with Crippen molar-refractivity contribution in [2.75, 3.05) is 12.4 Å². The Morgan fingerprint density at radius 3 is 2.35 bits per heavy atom. The van der Waals surface area contributed by atoms with Gasteiger partial charge in [0.05, 0.1) is 7.11 Å². The molecule has 1 N–H and O–H groups in total. The van der Waals surface area contributed by atoms with Crippen LogP contribution in [0.15, 0.2) is 48.5 Å². The van der Waals surface area contributed by atoms with Gasteiger partial charge in [-0.15, -0.1) is 0 Å². The zero-order valence-corrected chi connectivity index (χ0v) is 11.2. The zero-order chi connectivity index (χ0) is 14.4. The number of rotatable bonds is 5. The molecule has 0 bridgehead atoms. The van der Waals surface area contributed by atoms with Crippen molar-refractivity contribution in [1.82, 2.24) is 0 Å². The number of carbonyl (C=O) groups is 1. The van der Waals surface area contributed by atoms with Gasteiger partial charge in [-0.25, -0.2) is 4.39 Å². The van der Waals surface area contributed by atoms with Crippen molar-refractivity contribution in [2.24, 2.45) is 0 Å². The van der Waals surface area contributed by atoms with Gasteiger partial charge in [-0.2, -0.15) is 0 Å². The Labute approximate surface area is 117 Å². The third-order valence-corrected chi connectivity index (χ3v) is 2.93. The van der Waals surface area contributed by atoms with Crippen LogP contribution in [0, 0.1) is 5.82 Å². The molecule has 2 rings (SSSR count). The Kier molecular flexibility index (Phi) is 4.71. The summed E-state index contributed by atoms with van der Waals surface area (Å²) in [5, 5.41) is 2.73. The number of benzene rings is 2. The van der Waals surface area contributed by atoms with Gasteiger partial charge in [-0.05, 0) is 48.4 Å². The normalized spacial score (nSPS) is 10.1. The number of halogens is 1. The predicted molar refractivity (Wildman–Crippen MR) is 76.3 cm³/mol. The highest BCUT2D eigenvalue weighted by Crippen LogP contribution is 2.13. The molecule has 0 unspecified atom stereocenters. The molecule has 0 spiro atoms. The number of anilines is 1. The quantitative estimate of drug-likeness (QED) is 0.906. The number of amides is 1. The van der Waals surface area contributed by atoms with Crippen LogP contribution >= 0.6 is 0 Å². The summed E-state index contributed by atoms with van der Waals surface area (Å²) < 4.78 is 17.8. The molecule has 1 amide bonds. The van der Waals surface area contributed by atoms with E-state index in [9.17, 15) is 9.18 Å². The van der Waals surface area contributed by atoms with Crippen molar-refractivity contribution in [1.29, 1.82) is 0 Å². The first-order valence-corrected chi connectivity index (χ1v) is 6.36. The topological polar surface area (TPSA) is 38.3 Å². The van der Waals surface area contributed by atoms with E-state index in [4.69, 9.17) is 4.74 Å². The van der Waals surface area contributed by atoms with Crippen molar-refractivity contribution >= 4 is 11.6 Å². The van der Waals surface area contributed by atoms with Gasteiger partial charge in [0, 0.05) is 12.1 Å². The van der Waals surface area contributed by atoms with E-state index in [0.29, 0.717) is 18.5 Å². The Hall–Kier alpha value is -2.36. The summed E-state index contributed by atoms with van der Waals surface area (Å²) in [6.07, 6.45) is 1.03. The van der Waals surface area contributed by atoms with Gasteiger partial charge in [0.15, 0.2) is 0 Å². The van der Waals surface area contributed by atoms with Crippen molar-refractivity contribution < 1.29 is 13.9 Å². The summed E-state index contributed by atoms with van der Waals surface area (Å²) in [4.78, 5) is 11.8. The molecule has 0 aliphatic rings. The Bertz CT molecular complexity index is 564. The second kappa shape index (κ2) is 6.70. The fourth-order valence-corrected chi connectivity index (χ4v) is 1.81. The average molecular weight is 273 g/mol. The Balaban J connectivity index is 1.83. The van der Waals surface area contributed by atoms with Gasteiger partial charge in [0.2, 0.25) is 5.91 Å². The smallest absolute Gasteiger partial charge is 0.224 e. The number of ether oxygens (including phenoxy) is 1. The average Bonchev–Trinajstić information content (AvgIpc) is 2.48. The highest BCUT2D eigenvalue weighted by Gasteiger charge is 2.03. The van der Waals surface area contributed by atoms with Gasteiger partial charge in [-0.1, -0.05) is 12.1 Å². The van der Waals surface area contributed by atoms with Crippen LogP contribution in [0.4, 0.5) is 10.1 Å². The molecule has 0 aromatic heterocycles. The molecule has 0 fully saturated rings. The van der Waals surface area contributed by atoms with Crippen molar-refractivity contribution in [2.45, 2.75) is 12.8 Å². The summed E-state index contributed by atoms with van der Waals surface area (Å²) in [7, 11) is 1.62. The largest absolute Gasteiger partial charge is 0.497 e. The number of carbonyl (C=O) groups excluding carboxylic acids is 1. The van der Waals surface area contributed by atoms with Gasteiger partial charge < -0.3 is 10.1 Å². The van der Waals surface area contributed by atoms with Crippen LogP contribution in [0.2, 0.25) is 0 Å². The van der Waals surface area contributed by atoms with Crippen LogP contribution in [0.25, 0.3) is 0 Å². The van der Waals surface area contributed by atoms with Crippen LogP contribution in [0.3, 0.4) is 0 Å². The van der Waals surface area contributed by atoms with E-state index in [1.54, 1.807) is 19.2 Å². The molecule has 4 heteroatoms. The van der Waals surface area contributed by atoms with Crippen molar-refractivity contribution in [3.8, 4) is 5.75 Å². The summed E-state index contributed by atoms with van der Waals surface area (Å²) in [5.41, 5.74) is 1.67. The van der Waals surface area contributed by atoms with E-state index in [-0.39, 0.29) is 11.7 Å². The minimum Gasteiger partial charge on any atom is -0.497 e. The predicted octanol–water partition coefficient (Wildman–Crippen LogP) is 3.41. The number of aryl methyl sites for hydroxylation is 1. The molecule has 20 heavy (non-hydrogen) atoms. The third-order valence-electron chi connectivity index (χ3n) is 2.93. The van der Waals surface area contributed by atoms with Crippen molar-refractivity contribution in [3.05, 3.63) is 59.9 Å². The number of nitrogens with one attached hydrogen (secondary N) is 1. The molecular weight excluding hydrogens is 257 g/mol. The van der Waals surface area contributed by atoms with Gasteiger partial charge in [0.1, 0.15) is 11.6 Å². The molecule has 0 atom stereocenters. The molecular formula is C16H16FNO2. The number of hydrogen-bond acceptors (Lipinski definition) is 2. The summed E-state index contributed by atoms with van der Waals surface area (Å²) >= 11 is 0. The maximum atomic E-state index is 12.7. The molecule has 0 aliphatic carbocycles. The van der Waals surface area contributed by atoms with Gasteiger partial charge in [-0.3, -0.25) is 4.79 Å².